The van der Waals surface area contributed by atoms with E-state index in [-0.39, 0.29) is 5.78 Å². The third kappa shape index (κ3) is 3.49. The normalized spacial score (nSPS) is 15.0. The van der Waals surface area contributed by atoms with Crippen LogP contribution in [0.4, 0.5) is 0 Å². The number of thioether (sulfide) groups is 1. The summed E-state index contributed by atoms with van der Waals surface area (Å²) in [5, 5.41) is 0. The first-order valence-corrected chi connectivity index (χ1v) is 8.74. The molecule has 0 radical (unpaired) electrons. The minimum atomic E-state index is 0.0784. The molecule has 3 rings (SSSR count). The Balaban J connectivity index is 1.85. The van der Waals surface area contributed by atoms with E-state index in [1.807, 2.05) is 48.5 Å². The molecule has 0 saturated heterocycles. The Morgan fingerprint density at radius 2 is 1.92 bits per heavy atom. The van der Waals surface area contributed by atoms with Gasteiger partial charge in [-0.2, -0.15) is 0 Å². The van der Waals surface area contributed by atoms with Gasteiger partial charge in [-0.25, -0.2) is 0 Å². The molecule has 3 nitrogen and oxygen atoms in total. The second-order valence-corrected chi connectivity index (χ2v) is 7.13. The van der Waals surface area contributed by atoms with E-state index in [2.05, 4.69) is 13.8 Å². The zero-order valence-electron chi connectivity index (χ0n) is 14.0. The molecule has 1 heterocycles. The lowest BCUT2D eigenvalue weighted by atomic mass is 10.1. The predicted octanol–water partition coefficient (Wildman–Crippen LogP) is 5.06. The van der Waals surface area contributed by atoms with Crippen molar-refractivity contribution in [2.45, 2.75) is 18.7 Å². The van der Waals surface area contributed by atoms with Crippen molar-refractivity contribution in [3.63, 3.8) is 0 Å². The van der Waals surface area contributed by atoms with Crippen molar-refractivity contribution in [3.8, 4) is 11.5 Å². The van der Waals surface area contributed by atoms with Gasteiger partial charge in [0.1, 0.15) is 0 Å². The fourth-order valence-electron chi connectivity index (χ4n) is 2.44. The van der Waals surface area contributed by atoms with Gasteiger partial charge in [-0.1, -0.05) is 43.8 Å². The molecule has 0 fully saturated rings. The van der Waals surface area contributed by atoms with Crippen LogP contribution in [0.5, 0.6) is 11.5 Å². The van der Waals surface area contributed by atoms with Gasteiger partial charge in [-0.15, -0.1) is 0 Å². The Morgan fingerprint density at radius 3 is 2.62 bits per heavy atom. The van der Waals surface area contributed by atoms with E-state index >= 15 is 0 Å². The summed E-state index contributed by atoms with van der Waals surface area (Å²) in [4.78, 5) is 14.2. The molecule has 0 amide bonds. The van der Waals surface area contributed by atoms with E-state index in [1.54, 1.807) is 7.11 Å². The number of ether oxygens (including phenoxy) is 2. The minimum Gasteiger partial charge on any atom is -0.493 e. The van der Waals surface area contributed by atoms with Crippen LogP contribution >= 0.6 is 11.8 Å². The summed E-state index contributed by atoms with van der Waals surface area (Å²) in [7, 11) is 1.62. The highest BCUT2D eigenvalue weighted by molar-refractivity contribution is 8.04. The zero-order valence-corrected chi connectivity index (χ0v) is 14.9. The van der Waals surface area contributed by atoms with Crippen molar-refractivity contribution in [1.29, 1.82) is 0 Å². The van der Waals surface area contributed by atoms with Crippen LogP contribution < -0.4 is 9.47 Å². The largest absolute Gasteiger partial charge is 0.493 e. The maximum Gasteiger partial charge on any atom is 0.200 e. The lowest BCUT2D eigenvalue weighted by Crippen LogP contribution is -2.05. The first-order valence-electron chi connectivity index (χ1n) is 7.92. The van der Waals surface area contributed by atoms with Gasteiger partial charge >= 0.3 is 0 Å². The quantitative estimate of drug-likeness (QED) is 0.713. The summed E-state index contributed by atoms with van der Waals surface area (Å²) in [6.07, 6.45) is 1.90. The second kappa shape index (κ2) is 7.14. The topological polar surface area (TPSA) is 35.5 Å². The maximum absolute atomic E-state index is 12.5. The Kier molecular flexibility index (Phi) is 4.95. The Hall–Kier alpha value is -2.20. The molecule has 0 saturated carbocycles. The number of methoxy groups -OCH3 is 1. The summed E-state index contributed by atoms with van der Waals surface area (Å²) >= 11 is 1.51. The van der Waals surface area contributed by atoms with E-state index in [0.29, 0.717) is 18.3 Å². The van der Waals surface area contributed by atoms with Crippen molar-refractivity contribution < 1.29 is 14.3 Å². The number of hydrogen-bond donors (Lipinski definition) is 0. The van der Waals surface area contributed by atoms with Gasteiger partial charge in [0.05, 0.1) is 18.6 Å². The molecule has 0 atom stereocenters. The van der Waals surface area contributed by atoms with E-state index in [9.17, 15) is 4.79 Å². The van der Waals surface area contributed by atoms with Crippen molar-refractivity contribution in [3.05, 3.63) is 58.5 Å². The monoisotopic (exact) mass is 340 g/mol. The number of allylic oxidation sites excluding steroid dienone is 1. The highest BCUT2D eigenvalue weighted by Crippen LogP contribution is 2.41. The molecular formula is C20H20O3S. The number of Topliss-reactive ketones (excluding diaryl/α,β-unsaturated/α-hetero) is 1. The van der Waals surface area contributed by atoms with Gasteiger partial charge in [-0.3, -0.25) is 4.79 Å². The first kappa shape index (κ1) is 16.7. The molecular weight excluding hydrogens is 320 g/mol. The number of hydrogen-bond acceptors (Lipinski definition) is 4. The van der Waals surface area contributed by atoms with Crippen molar-refractivity contribution >= 4 is 23.6 Å². The number of ketones is 1. The van der Waals surface area contributed by atoms with Crippen molar-refractivity contribution in [2.24, 2.45) is 5.92 Å². The summed E-state index contributed by atoms with van der Waals surface area (Å²) < 4.78 is 11.2. The average Bonchev–Trinajstić information content (AvgIpc) is 2.89. The summed E-state index contributed by atoms with van der Waals surface area (Å²) in [5.74, 6) is 1.93. The molecule has 0 bridgehead atoms. The molecule has 0 aromatic heterocycles. The van der Waals surface area contributed by atoms with Crippen molar-refractivity contribution in [1.82, 2.24) is 0 Å². The summed E-state index contributed by atoms with van der Waals surface area (Å²) in [6.45, 7) is 4.85. The van der Waals surface area contributed by atoms with Crippen LogP contribution in [0.1, 0.15) is 29.8 Å². The molecule has 1 aliphatic rings. The van der Waals surface area contributed by atoms with Crippen LogP contribution in [-0.4, -0.2) is 19.5 Å². The number of benzene rings is 2. The molecule has 2 aromatic carbocycles. The van der Waals surface area contributed by atoms with Gasteiger partial charge in [-0.05, 0) is 41.8 Å². The van der Waals surface area contributed by atoms with E-state index in [1.165, 1.54) is 11.8 Å². The molecule has 124 valence electrons. The van der Waals surface area contributed by atoms with Gasteiger partial charge < -0.3 is 9.47 Å². The number of fused-ring (bicyclic) bond motifs is 1. The highest BCUT2D eigenvalue weighted by Gasteiger charge is 2.25. The summed E-state index contributed by atoms with van der Waals surface area (Å²) in [5.41, 5.74) is 1.70. The minimum absolute atomic E-state index is 0.0784. The predicted molar refractivity (Wildman–Crippen MR) is 97.9 cm³/mol. The molecule has 0 unspecified atom stereocenters. The van der Waals surface area contributed by atoms with Crippen LogP contribution in [0.25, 0.3) is 6.08 Å². The Morgan fingerprint density at radius 1 is 1.12 bits per heavy atom. The van der Waals surface area contributed by atoms with E-state index in [0.717, 1.165) is 26.7 Å². The molecule has 4 heteroatoms. The smallest absolute Gasteiger partial charge is 0.200 e. The molecule has 0 N–H and O–H groups in total. The summed E-state index contributed by atoms with van der Waals surface area (Å²) in [6, 6.07) is 13.4. The van der Waals surface area contributed by atoms with Crippen molar-refractivity contribution in [2.75, 3.05) is 13.7 Å². The number of carbonyl (C=O) groups excluding carboxylic acids is 1. The fourth-order valence-corrected chi connectivity index (χ4v) is 3.49. The van der Waals surface area contributed by atoms with Crippen LogP contribution in [-0.2, 0) is 0 Å². The SMILES string of the molecule is COc1cc(/C=C2\Sc3ccccc3C2=O)ccc1OCC(C)C. The second-order valence-electron chi connectivity index (χ2n) is 6.05. The number of carbonyl (C=O) groups is 1. The molecule has 24 heavy (non-hydrogen) atoms. The van der Waals surface area contributed by atoms with Crippen LogP contribution in [0, 0.1) is 5.92 Å². The van der Waals surface area contributed by atoms with E-state index < -0.39 is 0 Å². The molecule has 1 aliphatic heterocycles. The lowest BCUT2D eigenvalue weighted by Gasteiger charge is -2.13. The standard InChI is InChI=1S/C20H20O3S/c1-13(2)12-23-16-9-8-14(10-17(16)22-3)11-19-20(21)15-6-4-5-7-18(15)24-19/h4-11,13H,12H2,1-3H3/b19-11-. The maximum atomic E-state index is 12.5. The van der Waals surface area contributed by atoms with Gasteiger partial charge in [0.25, 0.3) is 0 Å². The number of rotatable bonds is 5. The van der Waals surface area contributed by atoms with Crippen LogP contribution in [0.3, 0.4) is 0 Å². The third-order valence-corrected chi connectivity index (χ3v) is 4.73. The Labute approximate surface area is 146 Å². The fraction of sp³-hybridized carbons (Fsp3) is 0.250. The van der Waals surface area contributed by atoms with Crippen LogP contribution in [0.2, 0.25) is 0 Å². The highest BCUT2D eigenvalue weighted by atomic mass is 32.2. The average molecular weight is 340 g/mol. The molecule has 2 aromatic rings. The molecule has 0 aliphatic carbocycles. The lowest BCUT2D eigenvalue weighted by molar-refractivity contribution is 0.104. The van der Waals surface area contributed by atoms with E-state index in [4.69, 9.17) is 9.47 Å². The molecule has 0 spiro atoms. The third-order valence-electron chi connectivity index (χ3n) is 3.63. The first-order chi connectivity index (χ1) is 11.6. The van der Waals surface area contributed by atoms with Crippen LogP contribution in [0.15, 0.2) is 52.3 Å². The van der Waals surface area contributed by atoms with Gasteiger partial charge in [0.2, 0.25) is 5.78 Å². The zero-order chi connectivity index (χ0) is 17.1. The van der Waals surface area contributed by atoms with Gasteiger partial charge in [0, 0.05) is 10.5 Å². The Bertz CT molecular complexity index is 793. The van der Waals surface area contributed by atoms with Gasteiger partial charge in [0.15, 0.2) is 11.5 Å².